The average Bonchev–Trinajstić information content (AvgIpc) is 2.73. The van der Waals surface area contributed by atoms with Crippen LogP contribution in [-0.4, -0.2) is 54.6 Å². The molecule has 2 fully saturated rings. The van der Waals surface area contributed by atoms with E-state index in [9.17, 15) is 4.79 Å². The normalized spacial score (nSPS) is 31.0. The van der Waals surface area contributed by atoms with E-state index in [1.807, 2.05) is 0 Å². The predicted molar refractivity (Wildman–Crippen MR) is 82.4 cm³/mol. The first-order chi connectivity index (χ1) is 9.52. The van der Waals surface area contributed by atoms with Crippen molar-refractivity contribution < 1.29 is 4.79 Å². The van der Waals surface area contributed by atoms with Gasteiger partial charge in [0.25, 0.3) is 0 Å². The monoisotopic (exact) mass is 281 g/mol. The fraction of sp³-hybridized carbons (Fsp3) is 0.938. The van der Waals surface area contributed by atoms with Gasteiger partial charge in [-0.15, -0.1) is 0 Å². The first-order valence-electron chi connectivity index (χ1n) is 8.28. The van der Waals surface area contributed by atoms with Gasteiger partial charge in [0.2, 0.25) is 5.91 Å². The van der Waals surface area contributed by atoms with E-state index in [1.165, 1.54) is 32.4 Å². The highest BCUT2D eigenvalue weighted by Gasteiger charge is 2.38. The van der Waals surface area contributed by atoms with Crippen LogP contribution in [0.2, 0.25) is 0 Å². The van der Waals surface area contributed by atoms with Gasteiger partial charge in [-0.3, -0.25) is 10.1 Å². The zero-order valence-electron chi connectivity index (χ0n) is 13.6. The van der Waals surface area contributed by atoms with Crippen LogP contribution in [0.1, 0.15) is 46.5 Å². The summed E-state index contributed by atoms with van der Waals surface area (Å²) in [4.78, 5) is 17.0. The van der Waals surface area contributed by atoms with Crippen molar-refractivity contribution in [3.63, 3.8) is 0 Å². The molecule has 2 aliphatic heterocycles. The molecular formula is C16H31N3O. The van der Waals surface area contributed by atoms with Crippen molar-refractivity contribution in [2.45, 2.75) is 58.7 Å². The fourth-order valence-electron chi connectivity index (χ4n) is 3.41. The van der Waals surface area contributed by atoms with Crippen LogP contribution in [0.25, 0.3) is 0 Å². The van der Waals surface area contributed by atoms with Crippen LogP contribution >= 0.6 is 0 Å². The number of carbonyl (C=O) groups is 1. The largest absolute Gasteiger partial charge is 0.326 e. The summed E-state index contributed by atoms with van der Waals surface area (Å²) in [5, 5.41) is 3.47. The molecule has 0 radical (unpaired) electrons. The van der Waals surface area contributed by atoms with Crippen molar-refractivity contribution >= 4 is 5.91 Å². The maximum absolute atomic E-state index is 12.5. The van der Waals surface area contributed by atoms with Crippen LogP contribution < -0.4 is 5.32 Å². The van der Waals surface area contributed by atoms with E-state index in [0.717, 1.165) is 18.9 Å². The number of carbonyl (C=O) groups excluding carboxylic acids is 1. The van der Waals surface area contributed by atoms with E-state index >= 15 is 0 Å². The molecule has 0 spiro atoms. The molecule has 0 aromatic heterocycles. The van der Waals surface area contributed by atoms with Crippen molar-refractivity contribution in [3.05, 3.63) is 0 Å². The van der Waals surface area contributed by atoms with Gasteiger partial charge >= 0.3 is 0 Å². The van der Waals surface area contributed by atoms with E-state index in [-0.39, 0.29) is 12.2 Å². The van der Waals surface area contributed by atoms with Crippen molar-refractivity contribution in [2.75, 3.05) is 26.7 Å². The molecule has 0 saturated carbocycles. The molecular weight excluding hydrogens is 250 g/mol. The van der Waals surface area contributed by atoms with Crippen LogP contribution in [0.15, 0.2) is 0 Å². The van der Waals surface area contributed by atoms with Gasteiger partial charge in [0.15, 0.2) is 0 Å². The van der Waals surface area contributed by atoms with Gasteiger partial charge in [0, 0.05) is 6.54 Å². The molecule has 0 bridgehead atoms. The van der Waals surface area contributed by atoms with Crippen molar-refractivity contribution in [1.29, 1.82) is 0 Å². The van der Waals surface area contributed by atoms with E-state index in [4.69, 9.17) is 0 Å². The minimum atomic E-state index is 0.0347. The maximum Gasteiger partial charge on any atom is 0.241 e. The Labute approximate surface area is 123 Å². The second-order valence-electron chi connectivity index (χ2n) is 6.77. The van der Waals surface area contributed by atoms with Gasteiger partial charge in [-0.2, -0.15) is 0 Å². The first-order valence-corrected chi connectivity index (χ1v) is 8.28. The van der Waals surface area contributed by atoms with Crippen LogP contribution in [0.5, 0.6) is 0 Å². The Bertz CT molecular complexity index is 326. The number of rotatable bonds is 5. The molecule has 2 aliphatic rings. The third-order valence-electron chi connectivity index (χ3n) is 5.27. The van der Waals surface area contributed by atoms with Crippen molar-refractivity contribution in [2.24, 2.45) is 11.8 Å². The number of piperidine rings is 1. The SMILES string of the molecule is CCC(C)C1NC(C)N(CCC2CCN(C)CC2)C1=O. The fourth-order valence-corrected chi connectivity index (χ4v) is 3.41. The zero-order valence-corrected chi connectivity index (χ0v) is 13.6. The highest BCUT2D eigenvalue weighted by molar-refractivity contribution is 5.84. The summed E-state index contributed by atoms with van der Waals surface area (Å²) in [5.41, 5.74) is 0. The Balaban J connectivity index is 1.82. The topological polar surface area (TPSA) is 35.6 Å². The van der Waals surface area contributed by atoms with Crippen molar-refractivity contribution in [3.8, 4) is 0 Å². The minimum Gasteiger partial charge on any atom is -0.326 e. The maximum atomic E-state index is 12.5. The molecule has 2 saturated heterocycles. The Hall–Kier alpha value is -0.610. The van der Waals surface area contributed by atoms with E-state index in [1.54, 1.807) is 0 Å². The molecule has 0 aromatic rings. The molecule has 0 aromatic carbocycles. The Kier molecular flexibility index (Phi) is 5.44. The summed E-state index contributed by atoms with van der Waals surface area (Å²) in [6, 6.07) is 0.0347. The minimum absolute atomic E-state index is 0.0347. The third-order valence-corrected chi connectivity index (χ3v) is 5.27. The molecule has 3 atom stereocenters. The lowest BCUT2D eigenvalue weighted by atomic mass is 9.93. The highest BCUT2D eigenvalue weighted by atomic mass is 16.2. The molecule has 1 N–H and O–H groups in total. The van der Waals surface area contributed by atoms with Crippen LogP contribution in [0.4, 0.5) is 0 Å². The first kappa shape index (κ1) is 15.8. The summed E-state index contributed by atoms with van der Waals surface area (Å²) in [7, 11) is 2.20. The third kappa shape index (κ3) is 3.53. The number of likely N-dealkylation sites (tertiary alicyclic amines) is 1. The summed E-state index contributed by atoms with van der Waals surface area (Å²) in [6.07, 6.45) is 5.00. The van der Waals surface area contributed by atoms with E-state index in [0.29, 0.717) is 11.8 Å². The number of hydrogen-bond donors (Lipinski definition) is 1. The lowest BCUT2D eigenvalue weighted by Crippen LogP contribution is -2.37. The van der Waals surface area contributed by atoms with Crippen LogP contribution in [0.3, 0.4) is 0 Å². The van der Waals surface area contributed by atoms with Gasteiger partial charge in [-0.25, -0.2) is 0 Å². The quantitative estimate of drug-likeness (QED) is 0.836. The number of amides is 1. The number of nitrogens with zero attached hydrogens (tertiary/aromatic N) is 2. The molecule has 116 valence electrons. The Morgan fingerprint density at radius 2 is 2.00 bits per heavy atom. The zero-order chi connectivity index (χ0) is 14.7. The molecule has 4 heteroatoms. The van der Waals surface area contributed by atoms with Gasteiger partial charge in [-0.05, 0) is 58.2 Å². The van der Waals surface area contributed by atoms with Crippen molar-refractivity contribution in [1.82, 2.24) is 15.1 Å². The molecule has 4 nitrogen and oxygen atoms in total. The highest BCUT2D eigenvalue weighted by Crippen LogP contribution is 2.23. The predicted octanol–water partition coefficient (Wildman–Crippen LogP) is 1.91. The number of nitrogens with one attached hydrogen (secondary N) is 1. The lowest BCUT2D eigenvalue weighted by molar-refractivity contribution is -0.130. The average molecular weight is 281 g/mol. The summed E-state index contributed by atoms with van der Waals surface area (Å²) >= 11 is 0. The van der Waals surface area contributed by atoms with Crippen LogP contribution in [-0.2, 0) is 4.79 Å². The van der Waals surface area contributed by atoms with E-state index in [2.05, 4.69) is 42.9 Å². The Morgan fingerprint density at radius 1 is 1.35 bits per heavy atom. The second-order valence-corrected chi connectivity index (χ2v) is 6.77. The molecule has 3 unspecified atom stereocenters. The summed E-state index contributed by atoms with van der Waals surface area (Å²) < 4.78 is 0. The van der Waals surface area contributed by atoms with Gasteiger partial charge in [0.05, 0.1) is 12.2 Å². The molecule has 1 amide bonds. The lowest BCUT2D eigenvalue weighted by Gasteiger charge is -2.30. The summed E-state index contributed by atoms with van der Waals surface area (Å²) in [5.74, 6) is 1.55. The molecule has 20 heavy (non-hydrogen) atoms. The molecule has 0 aliphatic carbocycles. The van der Waals surface area contributed by atoms with E-state index < -0.39 is 0 Å². The smallest absolute Gasteiger partial charge is 0.241 e. The standard InChI is InChI=1S/C16H31N3O/c1-5-12(2)15-16(20)19(13(3)17-15)11-8-14-6-9-18(4)10-7-14/h12-15,17H,5-11H2,1-4H3. The Morgan fingerprint density at radius 3 is 2.60 bits per heavy atom. The van der Waals surface area contributed by atoms with Gasteiger partial charge in [0.1, 0.15) is 0 Å². The summed E-state index contributed by atoms with van der Waals surface area (Å²) in [6.45, 7) is 9.79. The molecule has 2 rings (SSSR count). The van der Waals surface area contributed by atoms with Crippen LogP contribution in [0, 0.1) is 11.8 Å². The number of hydrogen-bond acceptors (Lipinski definition) is 3. The van der Waals surface area contributed by atoms with Gasteiger partial charge < -0.3 is 9.80 Å². The molecule has 2 heterocycles. The van der Waals surface area contributed by atoms with Gasteiger partial charge in [-0.1, -0.05) is 20.3 Å². The second kappa shape index (κ2) is 6.90.